The first-order valence-corrected chi connectivity index (χ1v) is 6.27. The van der Waals surface area contributed by atoms with E-state index < -0.39 is 0 Å². The Hall–Kier alpha value is -0.320. The zero-order chi connectivity index (χ0) is 12.1. The van der Waals surface area contributed by atoms with Gasteiger partial charge in [0.05, 0.1) is 6.04 Å². The number of rotatable bonds is 5. The monoisotopic (exact) mass is 263 g/mol. The summed E-state index contributed by atoms with van der Waals surface area (Å²) in [5.74, 6) is 0.722. The number of nitrogens with two attached hydrogens (primary N) is 1. The van der Waals surface area contributed by atoms with E-state index in [0.717, 1.165) is 32.6 Å². The van der Waals surface area contributed by atoms with Gasteiger partial charge in [-0.15, -0.1) is 12.4 Å². The molecule has 0 aromatic carbocycles. The molecular weight excluding hydrogens is 238 g/mol. The van der Waals surface area contributed by atoms with Crippen LogP contribution in [0.2, 0.25) is 0 Å². The first-order valence-electron chi connectivity index (χ1n) is 6.27. The Bertz CT molecular complexity index is 236. The lowest BCUT2D eigenvalue weighted by molar-refractivity contribution is -0.131. The fourth-order valence-corrected chi connectivity index (χ4v) is 2.38. The van der Waals surface area contributed by atoms with Crippen molar-refractivity contribution >= 4 is 18.3 Å². The standard InChI is InChI=1S/C12H25N3O.ClH/c1-4-6-14(3)8-11-5-7-15(9-11)12(16)10(2)13;/h10-11H,4-9,13H2,1-3H3;1H. The first-order chi connectivity index (χ1) is 7.54. The summed E-state index contributed by atoms with van der Waals surface area (Å²) in [6.45, 7) is 7.95. The van der Waals surface area contributed by atoms with Crippen LogP contribution in [0.4, 0.5) is 0 Å². The van der Waals surface area contributed by atoms with Gasteiger partial charge in [-0.2, -0.15) is 0 Å². The predicted octanol–water partition coefficient (Wildman–Crippen LogP) is 0.946. The summed E-state index contributed by atoms with van der Waals surface area (Å²) in [7, 11) is 2.15. The third-order valence-electron chi connectivity index (χ3n) is 3.16. The number of hydrogen-bond acceptors (Lipinski definition) is 3. The van der Waals surface area contributed by atoms with Gasteiger partial charge in [0.2, 0.25) is 5.91 Å². The summed E-state index contributed by atoms with van der Waals surface area (Å²) in [6, 6.07) is -0.355. The summed E-state index contributed by atoms with van der Waals surface area (Å²) >= 11 is 0. The molecule has 0 aliphatic carbocycles. The van der Waals surface area contributed by atoms with Crippen LogP contribution in [0.15, 0.2) is 0 Å². The van der Waals surface area contributed by atoms with E-state index in [9.17, 15) is 4.79 Å². The van der Waals surface area contributed by atoms with Crippen LogP contribution in [0.3, 0.4) is 0 Å². The largest absolute Gasteiger partial charge is 0.341 e. The Balaban J connectivity index is 0.00000256. The van der Waals surface area contributed by atoms with Crippen LogP contribution in [0.1, 0.15) is 26.7 Å². The molecule has 1 fully saturated rings. The van der Waals surface area contributed by atoms with Gasteiger partial charge in [0, 0.05) is 19.6 Å². The van der Waals surface area contributed by atoms with Crippen LogP contribution >= 0.6 is 12.4 Å². The van der Waals surface area contributed by atoms with Crippen molar-refractivity contribution in [1.29, 1.82) is 0 Å². The third-order valence-corrected chi connectivity index (χ3v) is 3.16. The summed E-state index contributed by atoms with van der Waals surface area (Å²) in [6.07, 6.45) is 2.30. The summed E-state index contributed by atoms with van der Waals surface area (Å²) in [4.78, 5) is 16.0. The molecule has 0 spiro atoms. The lowest BCUT2D eigenvalue weighted by Crippen LogP contribution is -2.41. The maximum absolute atomic E-state index is 11.7. The minimum atomic E-state index is -0.355. The predicted molar refractivity (Wildman–Crippen MR) is 73.4 cm³/mol. The second-order valence-electron chi connectivity index (χ2n) is 4.99. The highest BCUT2D eigenvalue weighted by atomic mass is 35.5. The summed E-state index contributed by atoms with van der Waals surface area (Å²) in [5.41, 5.74) is 5.61. The van der Waals surface area contributed by atoms with Gasteiger partial charge in [0.25, 0.3) is 0 Å². The van der Waals surface area contributed by atoms with Gasteiger partial charge in [-0.25, -0.2) is 0 Å². The Labute approximate surface area is 111 Å². The molecule has 2 unspecified atom stereocenters. The Morgan fingerprint density at radius 1 is 1.59 bits per heavy atom. The Kier molecular flexibility index (Phi) is 7.75. The lowest BCUT2D eigenvalue weighted by Gasteiger charge is -2.21. The van der Waals surface area contributed by atoms with Crippen molar-refractivity contribution in [3.63, 3.8) is 0 Å². The molecule has 0 radical (unpaired) electrons. The fourth-order valence-electron chi connectivity index (χ4n) is 2.38. The molecule has 1 rings (SSSR count). The maximum atomic E-state index is 11.7. The maximum Gasteiger partial charge on any atom is 0.239 e. The zero-order valence-electron chi connectivity index (χ0n) is 11.2. The quantitative estimate of drug-likeness (QED) is 0.803. The van der Waals surface area contributed by atoms with E-state index in [0.29, 0.717) is 5.92 Å². The van der Waals surface area contributed by atoms with Gasteiger partial charge in [0.1, 0.15) is 0 Å². The number of carbonyl (C=O) groups excluding carboxylic acids is 1. The van der Waals surface area contributed by atoms with Crippen molar-refractivity contribution < 1.29 is 4.79 Å². The molecule has 2 atom stereocenters. The summed E-state index contributed by atoms with van der Waals surface area (Å²) < 4.78 is 0. The van der Waals surface area contributed by atoms with E-state index in [-0.39, 0.29) is 24.4 Å². The van der Waals surface area contributed by atoms with E-state index in [1.165, 1.54) is 6.42 Å². The first kappa shape index (κ1) is 16.7. The second-order valence-corrected chi connectivity index (χ2v) is 4.99. The van der Waals surface area contributed by atoms with Crippen molar-refractivity contribution in [1.82, 2.24) is 9.80 Å². The van der Waals surface area contributed by atoms with Crippen molar-refractivity contribution in [2.75, 3.05) is 33.2 Å². The molecule has 1 saturated heterocycles. The molecule has 0 aromatic rings. The van der Waals surface area contributed by atoms with Crippen LogP contribution in [0, 0.1) is 5.92 Å². The fraction of sp³-hybridized carbons (Fsp3) is 0.917. The summed E-state index contributed by atoms with van der Waals surface area (Å²) in [5, 5.41) is 0. The van der Waals surface area contributed by atoms with Gasteiger partial charge < -0.3 is 15.5 Å². The molecule has 1 aliphatic rings. The molecule has 1 aliphatic heterocycles. The average Bonchev–Trinajstić information content (AvgIpc) is 2.65. The van der Waals surface area contributed by atoms with Gasteiger partial charge in [-0.1, -0.05) is 6.92 Å². The van der Waals surface area contributed by atoms with E-state index in [1.54, 1.807) is 6.92 Å². The minimum Gasteiger partial charge on any atom is -0.341 e. The van der Waals surface area contributed by atoms with Crippen molar-refractivity contribution in [2.45, 2.75) is 32.7 Å². The van der Waals surface area contributed by atoms with E-state index >= 15 is 0 Å². The molecule has 2 N–H and O–H groups in total. The smallest absolute Gasteiger partial charge is 0.239 e. The lowest BCUT2D eigenvalue weighted by atomic mass is 10.1. The molecule has 1 amide bonds. The van der Waals surface area contributed by atoms with Crippen molar-refractivity contribution in [3.05, 3.63) is 0 Å². The van der Waals surface area contributed by atoms with Gasteiger partial charge in [0.15, 0.2) is 0 Å². The number of halogens is 1. The molecule has 0 saturated carbocycles. The van der Waals surface area contributed by atoms with Crippen LogP contribution in [0.5, 0.6) is 0 Å². The molecular formula is C12H26ClN3O. The number of likely N-dealkylation sites (tertiary alicyclic amines) is 1. The van der Waals surface area contributed by atoms with Crippen LogP contribution in [-0.4, -0.2) is 55.0 Å². The number of amides is 1. The Morgan fingerprint density at radius 2 is 2.24 bits per heavy atom. The highest BCUT2D eigenvalue weighted by molar-refractivity contribution is 5.85. The van der Waals surface area contributed by atoms with E-state index in [2.05, 4.69) is 18.9 Å². The van der Waals surface area contributed by atoms with Crippen LogP contribution < -0.4 is 5.73 Å². The van der Waals surface area contributed by atoms with Crippen molar-refractivity contribution in [2.24, 2.45) is 11.7 Å². The van der Waals surface area contributed by atoms with Gasteiger partial charge in [-0.05, 0) is 39.3 Å². The number of nitrogens with zero attached hydrogens (tertiary/aromatic N) is 2. The van der Waals surface area contributed by atoms with Gasteiger partial charge >= 0.3 is 0 Å². The molecule has 1 heterocycles. The molecule has 5 heteroatoms. The molecule has 17 heavy (non-hydrogen) atoms. The van der Waals surface area contributed by atoms with Gasteiger partial charge in [-0.3, -0.25) is 4.79 Å². The second kappa shape index (κ2) is 7.90. The minimum absolute atomic E-state index is 0. The third kappa shape index (κ3) is 5.23. The molecule has 0 bridgehead atoms. The molecule has 4 nitrogen and oxygen atoms in total. The zero-order valence-corrected chi connectivity index (χ0v) is 12.0. The van der Waals surface area contributed by atoms with E-state index in [1.807, 2.05) is 4.90 Å². The van der Waals surface area contributed by atoms with E-state index in [4.69, 9.17) is 5.73 Å². The highest BCUT2D eigenvalue weighted by Crippen LogP contribution is 2.17. The highest BCUT2D eigenvalue weighted by Gasteiger charge is 2.28. The Morgan fingerprint density at radius 3 is 2.76 bits per heavy atom. The van der Waals surface area contributed by atoms with Crippen molar-refractivity contribution in [3.8, 4) is 0 Å². The van der Waals surface area contributed by atoms with Crippen LogP contribution in [0.25, 0.3) is 0 Å². The average molecular weight is 264 g/mol. The molecule has 102 valence electrons. The number of hydrogen-bond donors (Lipinski definition) is 1. The molecule has 0 aromatic heterocycles. The SMILES string of the molecule is CCCN(C)CC1CCN(C(=O)C(C)N)C1.Cl. The topological polar surface area (TPSA) is 49.6 Å². The normalized spacial score (nSPS) is 21.5. The van der Waals surface area contributed by atoms with Crippen LogP contribution in [-0.2, 0) is 4.79 Å². The number of carbonyl (C=O) groups is 1.